The van der Waals surface area contributed by atoms with Crippen LogP contribution in [0.1, 0.15) is 0 Å². The molecule has 1 heterocycles. The van der Waals surface area contributed by atoms with Crippen LogP contribution in [0.3, 0.4) is 0 Å². The molecule has 0 aromatic rings. The summed E-state index contributed by atoms with van der Waals surface area (Å²) in [7, 11) is 3.58. The van der Waals surface area contributed by atoms with Crippen molar-refractivity contribution in [2.75, 3.05) is 31.2 Å². The number of nitrogens with zero attached hydrogens (tertiary/aromatic N) is 1. The van der Waals surface area contributed by atoms with Gasteiger partial charge >= 0.3 is 0 Å². The lowest BCUT2D eigenvalue weighted by Crippen LogP contribution is -2.35. The minimum absolute atomic E-state index is 0.145. The number of aliphatic hydroxyl groups excluding tert-OH is 1. The van der Waals surface area contributed by atoms with E-state index in [1.807, 2.05) is 0 Å². The van der Waals surface area contributed by atoms with Gasteiger partial charge in [-0.25, -0.2) is 0 Å². The second kappa shape index (κ2) is 4.90. The van der Waals surface area contributed by atoms with E-state index in [2.05, 4.69) is 0 Å². The number of carbonyl (C=O) groups is 1. The Hall–Kier alpha value is 0.130. The summed E-state index contributed by atoms with van der Waals surface area (Å²) in [5.41, 5.74) is 0. The van der Waals surface area contributed by atoms with Crippen molar-refractivity contribution >= 4 is 27.5 Å². The molecule has 0 unspecified atom stereocenters. The zero-order valence-electron chi connectivity index (χ0n) is 6.15. The first-order chi connectivity index (χ1) is 5.34. The Bertz CT molecular complexity index is 135. The molecule has 1 aliphatic rings. The van der Waals surface area contributed by atoms with Crippen LogP contribution in [0.25, 0.3) is 0 Å². The third kappa shape index (κ3) is 2.92. The number of hydrogen-bond donors (Lipinski definition) is 1. The molecule has 0 radical (unpaired) electrons. The molecule has 1 rings (SSSR count). The monoisotopic (exact) mass is 193 g/mol. The minimum atomic E-state index is -0.352. The highest BCUT2D eigenvalue weighted by molar-refractivity contribution is 8.76. The van der Waals surface area contributed by atoms with E-state index < -0.39 is 0 Å². The molecule has 11 heavy (non-hydrogen) atoms. The number of aliphatic hydroxyl groups is 1. The molecule has 64 valence electrons. The fourth-order valence-electron chi connectivity index (χ4n) is 0.874. The Labute approximate surface area is 73.9 Å². The second-order valence-electron chi connectivity index (χ2n) is 2.18. The third-order valence-electron chi connectivity index (χ3n) is 1.46. The van der Waals surface area contributed by atoms with Crippen LogP contribution < -0.4 is 0 Å². The molecule has 1 N–H and O–H groups in total. The molecule has 0 aromatic heterocycles. The van der Waals surface area contributed by atoms with Crippen molar-refractivity contribution in [3.05, 3.63) is 0 Å². The fraction of sp³-hybridized carbons (Fsp3) is 0.833. The van der Waals surface area contributed by atoms with Gasteiger partial charge in [0.05, 0.1) is 0 Å². The molecule has 1 amide bonds. The van der Waals surface area contributed by atoms with Gasteiger partial charge in [0, 0.05) is 24.6 Å². The Morgan fingerprint density at radius 2 is 1.91 bits per heavy atom. The molecule has 0 aliphatic carbocycles. The molecule has 0 atom stereocenters. The summed E-state index contributed by atoms with van der Waals surface area (Å²) in [6, 6.07) is 0. The Kier molecular flexibility index (Phi) is 4.11. The maximum absolute atomic E-state index is 11.0. The van der Waals surface area contributed by atoms with E-state index in [1.54, 1.807) is 26.5 Å². The number of carbonyl (C=O) groups excluding carboxylic acids is 1. The van der Waals surface area contributed by atoms with E-state index in [0.717, 1.165) is 24.6 Å². The largest absolute Gasteiger partial charge is 0.387 e. The first-order valence-corrected chi connectivity index (χ1v) is 5.96. The summed E-state index contributed by atoms with van der Waals surface area (Å²) < 4.78 is 0. The SMILES string of the molecule is O=C(CO)N1CCSSCC1. The second-order valence-corrected chi connectivity index (χ2v) is 4.88. The lowest BCUT2D eigenvalue weighted by Gasteiger charge is -2.17. The highest BCUT2D eigenvalue weighted by atomic mass is 33.1. The number of rotatable bonds is 1. The standard InChI is InChI=1S/C6H11NO2S2/c8-5-6(9)7-1-3-10-11-4-2-7/h8H,1-5H2. The van der Waals surface area contributed by atoms with Crippen molar-refractivity contribution in [2.45, 2.75) is 0 Å². The molecule has 3 nitrogen and oxygen atoms in total. The average molecular weight is 193 g/mol. The van der Waals surface area contributed by atoms with Crippen molar-refractivity contribution < 1.29 is 9.90 Å². The van der Waals surface area contributed by atoms with Gasteiger partial charge in [0.25, 0.3) is 0 Å². The Balaban J connectivity index is 2.36. The molecule has 5 heteroatoms. The lowest BCUT2D eigenvalue weighted by atomic mass is 10.5. The van der Waals surface area contributed by atoms with E-state index in [4.69, 9.17) is 5.11 Å². The zero-order chi connectivity index (χ0) is 8.10. The molecule has 0 bridgehead atoms. The van der Waals surface area contributed by atoms with Crippen LogP contribution in [0.4, 0.5) is 0 Å². The maximum Gasteiger partial charge on any atom is 0.248 e. The van der Waals surface area contributed by atoms with E-state index in [1.165, 1.54) is 0 Å². The van der Waals surface area contributed by atoms with Crippen LogP contribution in [0, 0.1) is 0 Å². The quantitative estimate of drug-likeness (QED) is 0.604. The summed E-state index contributed by atoms with van der Waals surface area (Å²) in [6.45, 7) is 1.20. The van der Waals surface area contributed by atoms with E-state index >= 15 is 0 Å². The summed E-state index contributed by atoms with van der Waals surface area (Å²) in [5, 5.41) is 8.57. The predicted molar refractivity (Wildman–Crippen MR) is 48.6 cm³/mol. The molecule has 0 saturated carbocycles. The smallest absolute Gasteiger partial charge is 0.248 e. The number of hydrogen-bond acceptors (Lipinski definition) is 4. The van der Waals surface area contributed by atoms with E-state index in [0.29, 0.717) is 0 Å². The van der Waals surface area contributed by atoms with Crippen molar-refractivity contribution in [3.63, 3.8) is 0 Å². The minimum Gasteiger partial charge on any atom is -0.387 e. The van der Waals surface area contributed by atoms with Gasteiger partial charge < -0.3 is 10.0 Å². The van der Waals surface area contributed by atoms with E-state index in [9.17, 15) is 4.79 Å². The first-order valence-electron chi connectivity index (χ1n) is 3.47. The summed E-state index contributed by atoms with van der Waals surface area (Å²) in [6.07, 6.45) is 0. The van der Waals surface area contributed by atoms with Crippen molar-refractivity contribution in [2.24, 2.45) is 0 Å². The summed E-state index contributed by atoms with van der Waals surface area (Å²) in [4.78, 5) is 12.7. The molecule has 0 aromatic carbocycles. The van der Waals surface area contributed by atoms with Crippen molar-refractivity contribution in [3.8, 4) is 0 Å². The van der Waals surface area contributed by atoms with Gasteiger partial charge in [0.15, 0.2) is 0 Å². The molecular formula is C6H11NO2S2. The van der Waals surface area contributed by atoms with Gasteiger partial charge in [-0.2, -0.15) is 0 Å². The zero-order valence-corrected chi connectivity index (χ0v) is 7.79. The van der Waals surface area contributed by atoms with Crippen LogP contribution in [0.2, 0.25) is 0 Å². The Morgan fingerprint density at radius 3 is 2.36 bits per heavy atom. The normalized spacial score (nSPS) is 19.5. The maximum atomic E-state index is 11.0. The van der Waals surface area contributed by atoms with Crippen LogP contribution in [0.5, 0.6) is 0 Å². The van der Waals surface area contributed by atoms with Crippen molar-refractivity contribution in [1.82, 2.24) is 4.90 Å². The number of amides is 1. The van der Waals surface area contributed by atoms with Crippen LogP contribution in [0.15, 0.2) is 0 Å². The van der Waals surface area contributed by atoms with Crippen LogP contribution in [-0.2, 0) is 4.79 Å². The lowest BCUT2D eigenvalue weighted by molar-refractivity contribution is -0.133. The fourth-order valence-corrected chi connectivity index (χ4v) is 2.85. The molecular weight excluding hydrogens is 182 g/mol. The van der Waals surface area contributed by atoms with Gasteiger partial charge in [-0.05, 0) is 0 Å². The molecule has 1 aliphatic heterocycles. The van der Waals surface area contributed by atoms with Crippen LogP contribution in [-0.4, -0.2) is 47.1 Å². The first kappa shape index (κ1) is 9.22. The highest BCUT2D eigenvalue weighted by Gasteiger charge is 2.13. The third-order valence-corrected chi connectivity index (χ3v) is 3.83. The Morgan fingerprint density at radius 1 is 1.36 bits per heavy atom. The van der Waals surface area contributed by atoms with Gasteiger partial charge in [-0.1, -0.05) is 21.6 Å². The molecule has 0 spiro atoms. The summed E-state index contributed by atoms with van der Waals surface area (Å²) in [5.74, 6) is 1.79. The van der Waals surface area contributed by atoms with Gasteiger partial charge in [0.2, 0.25) is 5.91 Å². The highest BCUT2D eigenvalue weighted by Crippen LogP contribution is 2.23. The van der Waals surface area contributed by atoms with Gasteiger partial charge in [0.1, 0.15) is 6.61 Å². The van der Waals surface area contributed by atoms with Crippen LogP contribution >= 0.6 is 21.6 Å². The topological polar surface area (TPSA) is 40.5 Å². The predicted octanol–water partition coefficient (Wildman–Crippen LogP) is 0.202. The molecule has 1 saturated heterocycles. The van der Waals surface area contributed by atoms with Gasteiger partial charge in [-0.3, -0.25) is 4.79 Å². The molecule has 1 fully saturated rings. The van der Waals surface area contributed by atoms with Gasteiger partial charge in [-0.15, -0.1) is 0 Å². The van der Waals surface area contributed by atoms with E-state index in [-0.39, 0.29) is 12.5 Å². The van der Waals surface area contributed by atoms with Crippen molar-refractivity contribution in [1.29, 1.82) is 0 Å². The summed E-state index contributed by atoms with van der Waals surface area (Å²) >= 11 is 0. The average Bonchev–Trinajstić information content (AvgIpc) is 2.30.